The van der Waals surface area contributed by atoms with Crippen LogP contribution in [0.25, 0.3) is 0 Å². The fourth-order valence-electron chi connectivity index (χ4n) is 4.41. The molecule has 1 saturated heterocycles. The topological polar surface area (TPSA) is 87.7 Å². The van der Waals surface area contributed by atoms with Crippen LogP contribution in [0.1, 0.15) is 30.0 Å². The molecule has 160 valence electrons. The number of hydrogen-bond acceptors (Lipinski definition) is 5. The number of halogens is 1. The number of carbonyl (C=O) groups is 3. The van der Waals surface area contributed by atoms with Crippen molar-refractivity contribution in [2.45, 2.75) is 29.3 Å². The second kappa shape index (κ2) is 7.56. The second-order valence-corrected chi connectivity index (χ2v) is 8.90. The molecule has 1 spiro atoms. The number of urea groups is 1. The summed E-state index contributed by atoms with van der Waals surface area (Å²) >= 11 is 1.61. The van der Waals surface area contributed by atoms with Gasteiger partial charge in [-0.25, -0.2) is 9.18 Å². The smallest absolute Gasteiger partial charge is 0.325 e. The Balaban J connectivity index is 1.34. The van der Waals surface area contributed by atoms with Crippen LogP contribution in [-0.2, 0) is 15.1 Å². The molecule has 4 amide bonds. The predicted molar refractivity (Wildman–Crippen MR) is 111 cm³/mol. The molecular weight excluding hydrogens is 421 g/mol. The van der Waals surface area contributed by atoms with Crippen LogP contribution in [0.2, 0.25) is 0 Å². The molecular formula is C22H20FN3O4S. The van der Waals surface area contributed by atoms with Crippen LogP contribution in [0.15, 0.2) is 47.4 Å². The molecule has 0 aliphatic carbocycles. The molecule has 2 aromatic rings. The zero-order chi connectivity index (χ0) is 21.6. The van der Waals surface area contributed by atoms with Crippen LogP contribution in [-0.4, -0.2) is 41.6 Å². The van der Waals surface area contributed by atoms with Crippen LogP contribution < -0.4 is 15.4 Å². The lowest BCUT2D eigenvalue weighted by Gasteiger charge is -2.33. The first-order chi connectivity index (χ1) is 15.0. The Morgan fingerprint density at radius 1 is 1.29 bits per heavy atom. The molecule has 7 nitrogen and oxygen atoms in total. The lowest BCUT2D eigenvalue weighted by atomic mass is 9.84. The van der Waals surface area contributed by atoms with Crippen molar-refractivity contribution in [3.8, 4) is 5.75 Å². The van der Waals surface area contributed by atoms with Crippen molar-refractivity contribution in [2.75, 3.05) is 18.9 Å². The van der Waals surface area contributed by atoms with Crippen molar-refractivity contribution in [2.24, 2.45) is 0 Å². The van der Waals surface area contributed by atoms with E-state index in [2.05, 4.69) is 10.6 Å². The van der Waals surface area contributed by atoms with Gasteiger partial charge < -0.3 is 15.4 Å². The summed E-state index contributed by atoms with van der Waals surface area (Å²) in [6.07, 6.45) is 0.931. The minimum atomic E-state index is -1.22. The van der Waals surface area contributed by atoms with Gasteiger partial charge in [-0.15, -0.1) is 11.8 Å². The third-order valence-electron chi connectivity index (χ3n) is 5.91. The van der Waals surface area contributed by atoms with Crippen LogP contribution >= 0.6 is 11.8 Å². The lowest BCUT2D eigenvalue weighted by molar-refractivity contribution is -0.136. The number of para-hydroxylation sites is 1. The van der Waals surface area contributed by atoms with E-state index in [9.17, 15) is 18.8 Å². The summed E-state index contributed by atoms with van der Waals surface area (Å²) in [5, 5.41) is 5.65. The summed E-state index contributed by atoms with van der Waals surface area (Å²) in [5.41, 5.74) is 0.0940. The van der Waals surface area contributed by atoms with E-state index >= 15 is 0 Å². The number of nitrogens with one attached hydrogen (secondary N) is 2. The van der Waals surface area contributed by atoms with Gasteiger partial charge in [-0.1, -0.05) is 18.2 Å². The monoisotopic (exact) mass is 441 g/mol. The summed E-state index contributed by atoms with van der Waals surface area (Å²) in [6, 6.07) is 10.6. The number of nitrogens with zero attached hydrogens (tertiary/aromatic N) is 1. The first kappa shape index (κ1) is 19.9. The Morgan fingerprint density at radius 3 is 3.00 bits per heavy atom. The third kappa shape index (κ3) is 3.33. The summed E-state index contributed by atoms with van der Waals surface area (Å²) in [7, 11) is 0. The van der Waals surface area contributed by atoms with Crippen LogP contribution in [0, 0.1) is 5.82 Å². The van der Waals surface area contributed by atoms with Crippen molar-refractivity contribution >= 4 is 29.6 Å². The summed E-state index contributed by atoms with van der Waals surface area (Å²) < 4.78 is 19.3. The number of amides is 4. The predicted octanol–water partition coefficient (Wildman–Crippen LogP) is 2.71. The SMILES string of the molecule is O=C(CN1C(=O)N[C@]2(CCOc3ccccc32)C1=O)N[C@@H]1CCSc2ccc(F)cc21. The molecule has 3 heterocycles. The number of rotatable bonds is 3. The molecule has 3 aliphatic rings. The molecule has 2 atom stereocenters. The van der Waals surface area contributed by atoms with Gasteiger partial charge in [0.2, 0.25) is 5.91 Å². The average Bonchev–Trinajstić information content (AvgIpc) is 2.99. The minimum Gasteiger partial charge on any atom is -0.493 e. The second-order valence-electron chi connectivity index (χ2n) is 7.76. The standard InChI is InChI=1S/C22H20FN3O4S/c23-13-5-6-18-14(11-13)16(7-10-31-18)24-19(27)12-26-20(28)22(25-21(26)29)8-9-30-17-4-2-1-3-15(17)22/h1-6,11,16H,7-10,12H2,(H,24,27)(H,25,29)/t16-,22+/m1/s1. The van der Waals surface area contributed by atoms with Crippen molar-refractivity contribution in [1.29, 1.82) is 0 Å². The Morgan fingerprint density at radius 2 is 2.13 bits per heavy atom. The van der Waals surface area contributed by atoms with Gasteiger partial charge in [0, 0.05) is 22.6 Å². The molecule has 5 rings (SSSR count). The largest absolute Gasteiger partial charge is 0.493 e. The van der Waals surface area contributed by atoms with Gasteiger partial charge in [0.1, 0.15) is 18.1 Å². The molecule has 0 radical (unpaired) electrons. The van der Waals surface area contributed by atoms with Gasteiger partial charge in [-0.2, -0.15) is 0 Å². The third-order valence-corrected chi connectivity index (χ3v) is 7.03. The Hall–Kier alpha value is -3.07. The van der Waals surface area contributed by atoms with E-state index in [1.807, 2.05) is 0 Å². The van der Waals surface area contributed by atoms with E-state index in [0.29, 0.717) is 24.2 Å². The van der Waals surface area contributed by atoms with Crippen molar-refractivity contribution in [3.05, 3.63) is 59.4 Å². The van der Waals surface area contributed by atoms with E-state index in [1.165, 1.54) is 12.1 Å². The molecule has 2 N–H and O–H groups in total. The van der Waals surface area contributed by atoms with Crippen LogP contribution in [0.4, 0.5) is 9.18 Å². The maximum atomic E-state index is 13.7. The number of fused-ring (bicyclic) bond motifs is 3. The number of ether oxygens (including phenoxy) is 1. The normalized spacial score (nSPS) is 24.3. The highest BCUT2D eigenvalue weighted by Gasteiger charge is 2.55. The molecule has 0 saturated carbocycles. The van der Waals surface area contributed by atoms with E-state index in [0.717, 1.165) is 21.1 Å². The fraction of sp³-hybridized carbons (Fsp3) is 0.318. The number of imide groups is 1. The Kier molecular flexibility index (Phi) is 4.85. The van der Waals surface area contributed by atoms with Crippen LogP contribution in [0.5, 0.6) is 5.75 Å². The average molecular weight is 441 g/mol. The van der Waals surface area contributed by atoms with E-state index in [-0.39, 0.29) is 18.5 Å². The molecule has 2 aromatic carbocycles. The summed E-state index contributed by atoms with van der Waals surface area (Å²) in [4.78, 5) is 40.6. The van der Waals surface area contributed by atoms with E-state index in [1.54, 1.807) is 42.1 Å². The number of carbonyl (C=O) groups excluding carboxylic acids is 3. The fourth-order valence-corrected chi connectivity index (χ4v) is 5.52. The lowest BCUT2D eigenvalue weighted by Crippen LogP contribution is -2.48. The number of hydrogen-bond donors (Lipinski definition) is 2. The number of benzene rings is 2. The van der Waals surface area contributed by atoms with Gasteiger partial charge in [0.15, 0.2) is 5.54 Å². The molecule has 1 fully saturated rings. The molecule has 3 aliphatic heterocycles. The van der Waals surface area contributed by atoms with Gasteiger partial charge in [0.25, 0.3) is 5.91 Å². The van der Waals surface area contributed by atoms with Gasteiger partial charge in [-0.3, -0.25) is 14.5 Å². The Labute approximate surface area is 182 Å². The van der Waals surface area contributed by atoms with E-state index in [4.69, 9.17) is 4.74 Å². The summed E-state index contributed by atoms with van der Waals surface area (Å²) in [5.74, 6) is 0.0379. The van der Waals surface area contributed by atoms with Crippen molar-refractivity contribution in [3.63, 3.8) is 0 Å². The Bertz CT molecular complexity index is 1090. The molecule has 31 heavy (non-hydrogen) atoms. The highest BCUT2D eigenvalue weighted by atomic mass is 32.2. The molecule has 9 heteroatoms. The van der Waals surface area contributed by atoms with Gasteiger partial charge in [-0.05, 0) is 36.2 Å². The maximum absolute atomic E-state index is 13.7. The maximum Gasteiger partial charge on any atom is 0.325 e. The highest BCUT2D eigenvalue weighted by molar-refractivity contribution is 7.99. The zero-order valence-electron chi connectivity index (χ0n) is 16.5. The first-order valence-corrected chi connectivity index (χ1v) is 11.0. The quantitative estimate of drug-likeness (QED) is 0.716. The van der Waals surface area contributed by atoms with E-state index < -0.39 is 29.9 Å². The zero-order valence-corrected chi connectivity index (χ0v) is 17.3. The number of thioether (sulfide) groups is 1. The van der Waals surface area contributed by atoms with Crippen molar-refractivity contribution < 1.29 is 23.5 Å². The first-order valence-electron chi connectivity index (χ1n) is 10.1. The molecule has 0 aromatic heterocycles. The van der Waals surface area contributed by atoms with Crippen LogP contribution in [0.3, 0.4) is 0 Å². The van der Waals surface area contributed by atoms with Gasteiger partial charge in [0.05, 0.1) is 12.6 Å². The van der Waals surface area contributed by atoms with Crippen molar-refractivity contribution in [1.82, 2.24) is 15.5 Å². The minimum absolute atomic E-state index is 0.283. The highest BCUT2D eigenvalue weighted by Crippen LogP contribution is 2.41. The summed E-state index contributed by atoms with van der Waals surface area (Å²) in [6.45, 7) is -0.116. The molecule has 0 bridgehead atoms. The molecule has 0 unspecified atom stereocenters. The van der Waals surface area contributed by atoms with Gasteiger partial charge >= 0.3 is 6.03 Å².